The van der Waals surface area contributed by atoms with Gasteiger partial charge in [-0.05, 0) is 54.6 Å². The van der Waals surface area contributed by atoms with Crippen LogP contribution in [0.4, 0.5) is 0 Å². The molecule has 0 amide bonds. The molecule has 4 aromatic rings. The summed E-state index contributed by atoms with van der Waals surface area (Å²) in [6.07, 6.45) is 0. The van der Waals surface area contributed by atoms with Crippen molar-refractivity contribution in [3.63, 3.8) is 0 Å². The van der Waals surface area contributed by atoms with Crippen LogP contribution >= 0.6 is 0 Å². The van der Waals surface area contributed by atoms with Crippen molar-refractivity contribution in [1.82, 2.24) is 9.97 Å². The molecular weight excluding hydrogens is 407 g/mol. The van der Waals surface area contributed by atoms with E-state index in [-0.39, 0.29) is 28.6 Å². The minimum atomic E-state index is 0. The normalized spacial score (nSPS) is 10.2. The van der Waals surface area contributed by atoms with Gasteiger partial charge in [-0.15, -0.1) is 0 Å². The Morgan fingerprint density at radius 1 is 0.621 bits per heavy atom. The molecule has 0 bridgehead atoms. The Bertz CT molecular complexity index is 1150. The van der Waals surface area contributed by atoms with Gasteiger partial charge in [-0.1, -0.05) is 24.3 Å². The summed E-state index contributed by atoms with van der Waals surface area (Å²) in [7, 11) is 1.58. The molecule has 2 N–H and O–H groups in total. The van der Waals surface area contributed by atoms with Gasteiger partial charge in [0.05, 0.1) is 29.9 Å². The van der Waals surface area contributed by atoms with Gasteiger partial charge < -0.3 is 14.9 Å². The van der Waals surface area contributed by atoms with Gasteiger partial charge in [0.2, 0.25) is 0 Å². The van der Waals surface area contributed by atoms with E-state index in [0.29, 0.717) is 39.7 Å². The van der Waals surface area contributed by atoms with Crippen LogP contribution in [0.1, 0.15) is 0 Å². The Kier molecular flexibility index (Phi) is 6.17. The maximum atomic E-state index is 10.2. The van der Waals surface area contributed by atoms with Crippen LogP contribution in [0, 0.1) is 0 Å². The van der Waals surface area contributed by atoms with Crippen molar-refractivity contribution in [2.75, 3.05) is 7.11 Å². The zero-order valence-corrected chi connectivity index (χ0v) is 16.8. The van der Waals surface area contributed by atoms with E-state index in [1.54, 1.807) is 37.4 Å². The number of ether oxygens (including phenoxy) is 1. The first kappa shape index (κ1) is 20.4. The van der Waals surface area contributed by atoms with E-state index < -0.39 is 0 Å². The van der Waals surface area contributed by atoms with Crippen LogP contribution in [0.15, 0.2) is 78.9 Å². The summed E-state index contributed by atoms with van der Waals surface area (Å²) in [6, 6.07) is 23.2. The summed E-state index contributed by atoms with van der Waals surface area (Å²) >= 11 is 0. The van der Waals surface area contributed by atoms with Gasteiger partial charge in [0.1, 0.15) is 17.2 Å². The van der Waals surface area contributed by atoms with E-state index in [1.807, 2.05) is 48.5 Å². The summed E-state index contributed by atoms with van der Waals surface area (Å²) in [5, 5.41) is 20.3. The first-order valence-electron chi connectivity index (χ1n) is 8.76. The number of phenols is 2. The van der Waals surface area contributed by atoms with Gasteiger partial charge in [0, 0.05) is 28.2 Å². The maximum absolute atomic E-state index is 10.2. The molecule has 0 aliphatic carbocycles. The van der Waals surface area contributed by atoms with E-state index in [1.165, 1.54) is 0 Å². The van der Waals surface area contributed by atoms with Gasteiger partial charge in [-0.25, -0.2) is 9.97 Å². The average molecular weight is 425 g/mol. The van der Waals surface area contributed by atoms with E-state index in [4.69, 9.17) is 4.74 Å². The molecule has 0 aliphatic rings. The molecule has 2 aromatic carbocycles. The minimum absolute atomic E-state index is 0. The van der Waals surface area contributed by atoms with Gasteiger partial charge in [0.15, 0.2) is 0 Å². The van der Waals surface area contributed by atoms with Crippen LogP contribution in [0.25, 0.3) is 33.9 Å². The molecule has 0 fully saturated rings. The molecule has 0 saturated carbocycles. The summed E-state index contributed by atoms with van der Waals surface area (Å²) in [5.41, 5.74) is 3.85. The van der Waals surface area contributed by atoms with Crippen LogP contribution in [-0.4, -0.2) is 27.3 Å². The zero-order chi connectivity index (χ0) is 19.5. The number of aromatic hydroxyl groups is 2. The number of hydrogen-bond acceptors (Lipinski definition) is 5. The fourth-order valence-electron chi connectivity index (χ4n) is 2.99. The number of aromatic nitrogens is 2. The Balaban J connectivity index is 0.00000240. The number of para-hydroxylation sites is 1. The molecule has 145 valence electrons. The van der Waals surface area contributed by atoms with Crippen LogP contribution in [0.5, 0.6) is 17.2 Å². The Morgan fingerprint density at radius 3 is 1.79 bits per heavy atom. The summed E-state index contributed by atoms with van der Waals surface area (Å²) in [6.45, 7) is 0. The van der Waals surface area contributed by atoms with Gasteiger partial charge >= 0.3 is 0 Å². The molecule has 2 aromatic heterocycles. The number of rotatable bonds is 4. The van der Waals surface area contributed by atoms with Crippen molar-refractivity contribution < 1.29 is 32.0 Å². The molecule has 0 atom stereocenters. The van der Waals surface area contributed by atoms with E-state index >= 15 is 0 Å². The second-order valence-corrected chi connectivity index (χ2v) is 6.22. The smallest absolute Gasteiger partial charge is 0.125 e. The fourth-order valence-corrected chi connectivity index (χ4v) is 2.99. The van der Waals surface area contributed by atoms with Crippen molar-refractivity contribution in [2.45, 2.75) is 0 Å². The largest absolute Gasteiger partial charge is 0.507 e. The number of pyridine rings is 2. The average Bonchev–Trinajstić information content (AvgIpc) is 2.75. The number of nitrogens with zero attached hydrogens (tertiary/aromatic N) is 2. The van der Waals surface area contributed by atoms with Crippen LogP contribution in [0.3, 0.4) is 0 Å². The SMILES string of the molecule is COc1ccc(O)c(-c2cccc(-c3cccc(-c4ccccc4O)n3)n2)c1.[Mn]. The first-order valence-corrected chi connectivity index (χ1v) is 8.76. The third-order valence-corrected chi connectivity index (χ3v) is 4.42. The third-order valence-electron chi connectivity index (χ3n) is 4.42. The Morgan fingerprint density at radius 2 is 1.17 bits per heavy atom. The molecule has 4 rings (SSSR count). The Labute approximate surface area is 179 Å². The number of hydrogen-bond donors (Lipinski definition) is 2. The molecule has 6 heteroatoms. The summed E-state index contributed by atoms with van der Waals surface area (Å²) in [4.78, 5) is 9.32. The van der Waals surface area contributed by atoms with Crippen LogP contribution in [-0.2, 0) is 17.1 Å². The van der Waals surface area contributed by atoms with E-state index in [2.05, 4.69) is 9.97 Å². The second-order valence-electron chi connectivity index (χ2n) is 6.22. The first-order chi connectivity index (χ1) is 13.7. The molecule has 0 unspecified atom stereocenters. The fraction of sp³-hybridized carbons (Fsp3) is 0.0435. The molecule has 0 saturated heterocycles. The minimum Gasteiger partial charge on any atom is -0.507 e. The molecule has 2 heterocycles. The van der Waals surface area contributed by atoms with E-state index in [9.17, 15) is 10.2 Å². The standard InChI is InChI=1S/C23H18N2O3.Mn/c1-28-15-12-13-23(27)17(14-15)19-8-5-10-21(25-19)20-9-4-7-18(24-20)16-6-2-3-11-22(16)26;/h2-14,26-27H,1H3;. The second kappa shape index (κ2) is 8.78. The van der Waals surface area contributed by atoms with Gasteiger partial charge in [-0.2, -0.15) is 0 Å². The molecule has 0 spiro atoms. The van der Waals surface area contributed by atoms with Gasteiger partial charge in [-0.3, -0.25) is 0 Å². The summed E-state index contributed by atoms with van der Waals surface area (Å²) in [5.74, 6) is 0.941. The van der Waals surface area contributed by atoms with Crippen molar-refractivity contribution in [1.29, 1.82) is 0 Å². The molecule has 1 radical (unpaired) electrons. The molecule has 5 nitrogen and oxygen atoms in total. The van der Waals surface area contributed by atoms with Crippen LogP contribution < -0.4 is 4.74 Å². The van der Waals surface area contributed by atoms with Crippen LogP contribution in [0.2, 0.25) is 0 Å². The molecular formula is C23H18MnN2O3. The van der Waals surface area contributed by atoms with Crippen molar-refractivity contribution in [3.05, 3.63) is 78.9 Å². The third kappa shape index (κ3) is 4.24. The predicted octanol–water partition coefficient (Wildman–Crippen LogP) is 4.89. The summed E-state index contributed by atoms with van der Waals surface area (Å²) < 4.78 is 5.25. The molecule has 29 heavy (non-hydrogen) atoms. The van der Waals surface area contributed by atoms with Gasteiger partial charge in [0.25, 0.3) is 0 Å². The molecule has 0 aliphatic heterocycles. The number of methoxy groups -OCH3 is 1. The topological polar surface area (TPSA) is 75.5 Å². The zero-order valence-electron chi connectivity index (χ0n) is 15.6. The maximum Gasteiger partial charge on any atom is 0.125 e. The predicted molar refractivity (Wildman–Crippen MR) is 108 cm³/mol. The van der Waals surface area contributed by atoms with E-state index in [0.717, 1.165) is 0 Å². The number of phenolic OH excluding ortho intramolecular Hbond substituents is 2. The van der Waals surface area contributed by atoms with Crippen molar-refractivity contribution >= 4 is 0 Å². The monoisotopic (exact) mass is 425 g/mol. The Hall–Kier alpha value is -3.34. The number of benzene rings is 2. The van der Waals surface area contributed by atoms with Crippen molar-refractivity contribution in [3.8, 4) is 51.2 Å². The quantitative estimate of drug-likeness (QED) is 0.455. The van der Waals surface area contributed by atoms with Crippen molar-refractivity contribution in [2.24, 2.45) is 0 Å².